The summed E-state index contributed by atoms with van der Waals surface area (Å²) < 4.78 is 18.8. The molecule has 34 heavy (non-hydrogen) atoms. The van der Waals surface area contributed by atoms with Crippen molar-refractivity contribution < 1.29 is 18.7 Å². The largest absolute Gasteiger partial charge is 0.494 e. The number of rotatable bonds is 4. The lowest BCUT2D eigenvalue weighted by Crippen LogP contribution is -2.33. The van der Waals surface area contributed by atoms with Gasteiger partial charge in [-0.2, -0.15) is 0 Å². The summed E-state index contributed by atoms with van der Waals surface area (Å²) in [6.07, 6.45) is 4.84. The molecule has 2 aliphatic heterocycles. The van der Waals surface area contributed by atoms with Crippen molar-refractivity contribution in [2.75, 3.05) is 33.3 Å². The van der Waals surface area contributed by atoms with Crippen molar-refractivity contribution in [2.45, 2.75) is 12.8 Å². The molecule has 2 saturated heterocycles. The lowest BCUT2D eigenvalue weighted by Gasteiger charge is -2.21. The second-order valence-corrected chi connectivity index (χ2v) is 8.90. The van der Waals surface area contributed by atoms with Crippen LogP contribution >= 0.6 is 0 Å². The molecule has 0 spiro atoms. The highest BCUT2D eigenvalue weighted by molar-refractivity contribution is 5.97. The third-order valence-corrected chi connectivity index (χ3v) is 6.88. The number of carbonyl (C=O) groups is 2. The summed E-state index contributed by atoms with van der Waals surface area (Å²) in [5.41, 5.74) is 2.71. The number of carbonyl (C=O) groups excluding carboxylic acids is 2. The number of hydrogen-bond acceptors (Lipinski definition) is 5. The van der Waals surface area contributed by atoms with Crippen LogP contribution < -0.4 is 4.74 Å². The van der Waals surface area contributed by atoms with E-state index in [0.29, 0.717) is 54.7 Å². The minimum Gasteiger partial charge on any atom is -0.494 e. The van der Waals surface area contributed by atoms with Gasteiger partial charge < -0.3 is 14.5 Å². The predicted octanol–water partition coefficient (Wildman–Crippen LogP) is 3.13. The van der Waals surface area contributed by atoms with Crippen molar-refractivity contribution in [2.24, 2.45) is 11.8 Å². The quantitative estimate of drug-likeness (QED) is 0.601. The van der Waals surface area contributed by atoms with E-state index in [4.69, 9.17) is 4.74 Å². The first kappa shape index (κ1) is 22.1. The zero-order valence-corrected chi connectivity index (χ0v) is 18.9. The molecule has 5 rings (SSSR count). The molecule has 3 heterocycles. The Bertz CT molecular complexity index is 1240. The molecular formula is C25H26FN5O3. The van der Waals surface area contributed by atoms with Gasteiger partial charge in [0, 0.05) is 37.8 Å². The number of amides is 2. The molecule has 8 nitrogen and oxygen atoms in total. The molecule has 0 bridgehead atoms. The SMILES string of the molecule is COc1ccc(C=CC(=O)N2CC[C@@H]3CN(C(=O)c4ccc5[nH]nnc5c4)C[C@@H]3CC2)cc1F. The number of nitrogens with zero attached hydrogens (tertiary/aromatic N) is 4. The van der Waals surface area contributed by atoms with Crippen LogP contribution in [0.1, 0.15) is 28.8 Å². The summed E-state index contributed by atoms with van der Waals surface area (Å²) in [6, 6.07) is 10.0. The minimum atomic E-state index is -0.459. The molecule has 2 fully saturated rings. The van der Waals surface area contributed by atoms with Crippen molar-refractivity contribution in [1.82, 2.24) is 25.2 Å². The van der Waals surface area contributed by atoms with Crippen LogP contribution in [-0.4, -0.2) is 70.3 Å². The maximum atomic E-state index is 13.9. The maximum Gasteiger partial charge on any atom is 0.253 e. The number of H-pyrrole nitrogens is 1. The van der Waals surface area contributed by atoms with E-state index in [1.807, 2.05) is 15.9 Å². The molecular weight excluding hydrogens is 437 g/mol. The average Bonchev–Trinajstić information content (AvgIpc) is 3.44. The Balaban J connectivity index is 1.18. The van der Waals surface area contributed by atoms with Gasteiger partial charge in [0.05, 0.1) is 12.6 Å². The molecule has 0 unspecified atom stereocenters. The number of ether oxygens (including phenoxy) is 1. The van der Waals surface area contributed by atoms with Gasteiger partial charge in [0.25, 0.3) is 5.91 Å². The lowest BCUT2D eigenvalue weighted by molar-refractivity contribution is -0.126. The molecule has 0 saturated carbocycles. The highest BCUT2D eigenvalue weighted by Gasteiger charge is 2.37. The Labute approximate surface area is 196 Å². The van der Waals surface area contributed by atoms with Crippen molar-refractivity contribution in [3.63, 3.8) is 0 Å². The van der Waals surface area contributed by atoms with Crippen LogP contribution in [-0.2, 0) is 4.79 Å². The van der Waals surface area contributed by atoms with Crippen molar-refractivity contribution in [1.29, 1.82) is 0 Å². The third-order valence-electron chi connectivity index (χ3n) is 6.88. The number of aromatic amines is 1. The highest BCUT2D eigenvalue weighted by atomic mass is 19.1. The summed E-state index contributed by atoms with van der Waals surface area (Å²) in [4.78, 5) is 29.6. The number of fused-ring (bicyclic) bond motifs is 2. The number of aromatic nitrogens is 3. The Morgan fingerprint density at radius 1 is 1.09 bits per heavy atom. The maximum absolute atomic E-state index is 13.9. The zero-order chi connectivity index (χ0) is 23.7. The summed E-state index contributed by atoms with van der Waals surface area (Å²) in [7, 11) is 1.42. The fraction of sp³-hybridized carbons (Fsp3) is 0.360. The van der Waals surface area contributed by atoms with E-state index < -0.39 is 5.82 Å². The number of methoxy groups -OCH3 is 1. The molecule has 9 heteroatoms. The van der Waals surface area contributed by atoms with Gasteiger partial charge in [0.1, 0.15) is 5.52 Å². The van der Waals surface area contributed by atoms with Crippen LogP contribution in [0.5, 0.6) is 5.75 Å². The van der Waals surface area contributed by atoms with Crippen molar-refractivity contribution in [3.05, 3.63) is 59.4 Å². The van der Waals surface area contributed by atoms with Crippen LogP contribution in [0.2, 0.25) is 0 Å². The van der Waals surface area contributed by atoms with Crippen LogP contribution in [0, 0.1) is 17.7 Å². The fourth-order valence-electron chi connectivity index (χ4n) is 4.95. The van der Waals surface area contributed by atoms with Crippen molar-refractivity contribution in [3.8, 4) is 5.75 Å². The number of likely N-dealkylation sites (tertiary alicyclic amines) is 2. The predicted molar refractivity (Wildman–Crippen MR) is 125 cm³/mol. The van der Waals surface area contributed by atoms with Crippen LogP contribution in [0.25, 0.3) is 17.1 Å². The van der Waals surface area contributed by atoms with Gasteiger partial charge >= 0.3 is 0 Å². The molecule has 3 aromatic rings. The van der Waals surface area contributed by atoms with Gasteiger partial charge in [-0.1, -0.05) is 11.3 Å². The van der Waals surface area contributed by atoms with Gasteiger partial charge in [-0.25, -0.2) is 4.39 Å². The van der Waals surface area contributed by atoms with Gasteiger partial charge in [-0.3, -0.25) is 14.7 Å². The van der Waals surface area contributed by atoms with Crippen LogP contribution in [0.3, 0.4) is 0 Å². The summed E-state index contributed by atoms with van der Waals surface area (Å²) in [5.74, 6) is 0.397. The molecule has 2 atom stereocenters. The van der Waals surface area contributed by atoms with Gasteiger partial charge in [0.15, 0.2) is 11.6 Å². The van der Waals surface area contributed by atoms with Gasteiger partial charge in [-0.15, -0.1) is 5.10 Å². The second-order valence-electron chi connectivity index (χ2n) is 8.90. The monoisotopic (exact) mass is 463 g/mol. The van der Waals surface area contributed by atoms with E-state index in [0.717, 1.165) is 18.4 Å². The number of halogens is 1. The topological polar surface area (TPSA) is 91.4 Å². The lowest BCUT2D eigenvalue weighted by atomic mass is 9.92. The van der Waals surface area contributed by atoms with Gasteiger partial charge in [-0.05, 0) is 66.6 Å². The third kappa shape index (κ3) is 4.37. The smallest absolute Gasteiger partial charge is 0.253 e. The van der Waals surface area contributed by atoms with E-state index in [-0.39, 0.29) is 17.6 Å². The molecule has 1 aromatic heterocycles. The van der Waals surface area contributed by atoms with E-state index >= 15 is 0 Å². The first-order chi connectivity index (χ1) is 16.5. The minimum absolute atomic E-state index is 0.0144. The van der Waals surface area contributed by atoms with Gasteiger partial charge in [0.2, 0.25) is 5.91 Å². The summed E-state index contributed by atoms with van der Waals surface area (Å²) in [6.45, 7) is 2.69. The normalized spacial score (nSPS) is 20.5. The van der Waals surface area contributed by atoms with E-state index in [2.05, 4.69) is 15.4 Å². The standard InChI is InChI=1S/C25H26FN5O3/c1-34-23-6-2-16(12-20(23)26)3-7-24(32)30-10-8-18-14-31(15-19(18)9-11-30)25(33)17-4-5-21-22(13-17)28-29-27-21/h2-7,12-13,18-19H,8-11,14-15H2,1H3,(H,27,28,29)/t18-,19+. The van der Waals surface area contributed by atoms with E-state index in [9.17, 15) is 14.0 Å². The summed E-state index contributed by atoms with van der Waals surface area (Å²) >= 11 is 0. The molecule has 2 aliphatic rings. The van der Waals surface area contributed by atoms with Crippen LogP contribution in [0.15, 0.2) is 42.5 Å². The second kappa shape index (κ2) is 9.24. The number of nitrogens with one attached hydrogen (secondary N) is 1. The number of hydrogen-bond donors (Lipinski definition) is 1. The first-order valence-electron chi connectivity index (χ1n) is 11.4. The highest BCUT2D eigenvalue weighted by Crippen LogP contribution is 2.33. The Hall–Kier alpha value is -3.75. The number of benzene rings is 2. The van der Waals surface area contributed by atoms with Crippen molar-refractivity contribution >= 4 is 28.9 Å². The molecule has 2 amide bonds. The molecule has 0 aliphatic carbocycles. The summed E-state index contributed by atoms with van der Waals surface area (Å²) in [5, 5.41) is 10.6. The van der Waals surface area contributed by atoms with Crippen LogP contribution in [0.4, 0.5) is 4.39 Å². The Kier molecular flexibility index (Phi) is 6.00. The van der Waals surface area contributed by atoms with E-state index in [1.165, 1.54) is 19.3 Å². The molecule has 2 aromatic carbocycles. The fourth-order valence-corrected chi connectivity index (χ4v) is 4.95. The average molecular weight is 464 g/mol. The zero-order valence-electron chi connectivity index (χ0n) is 18.9. The molecule has 1 N–H and O–H groups in total. The first-order valence-corrected chi connectivity index (χ1v) is 11.4. The van der Waals surface area contributed by atoms with E-state index in [1.54, 1.807) is 30.3 Å². The molecule has 0 radical (unpaired) electrons. The Morgan fingerprint density at radius 3 is 2.56 bits per heavy atom. The Morgan fingerprint density at radius 2 is 1.85 bits per heavy atom. The molecule has 176 valence electrons.